The molecule has 0 fully saturated rings. The van der Waals surface area contributed by atoms with Crippen LogP contribution in [0.25, 0.3) is 150 Å². The van der Waals surface area contributed by atoms with E-state index in [0.29, 0.717) is 17.8 Å². The molecular weight excluding hydrogens is 1570 g/mol. The first-order chi connectivity index (χ1) is 53.2. The standard InChI is InChI=1S/C32H22BrN3.C32H21N3.C18H12BrI.C14H11N3/c33-28-17-9-7-15-25(28)27-21-24(22-11-3-1-4-12-22)19-20-30(27)35-32-34-29-18-10-8-16-26(29)31(36-32)23-13-5-2-6-14-23;1-3-11-22(12-4-1)24-19-20-30-27(21-24)25-15-8-10-18-29(25)35(30)32-33-28-17-9-7-16-26(28)31(34-32)23-13-5-2-6-14-23;19-17-9-5-4-8-15(17)16-12-14(10-11-18(16)20)13-6-2-1-3-7-13;15-14-16-12-9-5-4-8-11(12)13(17-14)10-6-2-1-3-7-10/h1-21H,(H,34,35,36);1-21H;1-12H;1-9H,(H2,15,16,17). The second-order valence-electron chi connectivity index (χ2n) is 25.6. The van der Waals surface area contributed by atoms with Crippen molar-refractivity contribution in [2.24, 2.45) is 0 Å². The fraction of sp³-hybridized carbons (Fsp3) is 0. The average molecular weight is 1630 g/mol. The molecule has 108 heavy (non-hydrogen) atoms. The van der Waals surface area contributed by atoms with Crippen LogP contribution < -0.4 is 11.1 Å². The Bertz CT molecular complexity index is 6390. The summed E-state index contributed by atoms with van der Waals surface area (Å²) >= 11 is 9.79. The first kappa shape index (κ1) is 69.8. The lowest BCUT2D eigenvalue weighted by Gasteiger charge is -2.16. The van der Waals surface area contributed by atoms with E-state index in [1.54, 1.807) is 0 Å². The third-order valence-corrected chi connectivity index (χ3v) is 21.0. The Balaban J connectivity index is 0.000000115. The minimum Gasteiger partial charge on any atom is -0.368 e. The van der Waals surface area contributed by atoms with Gasteiger partial charge in [-0.1, -0.05) is 341 Å². The van der Waals surface area contributed by atoms with Crippen molar-refractivity contribution < 1.29 is 0 Å². The molecule has 0 atom stereocenters. The van der Waals surface area contributed by atoms with Crippen LogP contribution in [-0.4, -0.2) is 34.5 Å². The Morgan fingerprint density at radius 1 is 0.269 bits per heavy atom. The molecule has 0 aliphatic rings. The third kappa shape index (κ3) is 15.3. The number of rotatable bonds is 11. The number of anilines is 3. The Labute approximate surface area is 656 Å². The summed E-state index contributed by atoms with van der Waals surface area (Å²) in [6, 6.07) is 131. The van der Waals surface area contributed by atoms with Gasteiger partial charge < -0.3 is 11.1 Å². The Morgan fingerprint density at radius 2 is 0.639 bits per heavy atom. The van der Waals surface area contributed by atoms with E-state index in [0.717, 1.165) is 109 Å². The summed E-state index contributed by atoms with van der Waals surface area (Å²) in [7, 11) is 0. The van der Waals surface area contributed by atoms with Gasteiger partial charge in [0.15, 0.2) is 0 Å². The Hall–Kier alpha value is -12.6. The van der Waals surface area contributed by atoms with Gasteiger partial charge in [-0.15, -0.1) is 0 Å². The van der Waals surface area contributed by atoms with Crippen LogP contribution in [0.1, 0.15) is 0 Å². The van der Waals surface area contributed by atoms with E-state index in [4.69, 9.17) is 25.7 Å². The fourth-order valence-corrected chi connectivity index (χ4v) is 15.2. The van der Waals surface area contributed by atoms with Crippen molar-refractivity contribution in [1.29, 1.82) is 0 Å². The van der Waals surface area contributed by atoms with Crippen LogP contribution in [0.3, 0.4) is 0 Å². The normalized spacial score (nSPS) is 11.0. The van der Waals surface area contributed by atoms with Crippen LogP contribution in [0, 0.1) is 3.57 Å². The Morgan fingerprint density at radius 3 is 1.16 bits per heavy atom. The molecule has 0 aliphatic heterocycles. The van der Waals surface area contributed by atoms with Gasteiger partial charge in [-0.3, -0.25) is 4.57 Å². The van der Waals surface area contributed by atoms with Crippen molar-refractivity contribution in [2.75, 3.05) is 11.1 Å². The minimum absolute atomic E-state index is 0.308. The molecule has 516 valence electrons. The van der Waals surface area contributed by atoms with Gasteiger partial charge in [-0.2, -0.15) is 0 Å². The van der Waals surface area contributed by atoms with Gasteiger partial charge in [0.1, 0.15) is 0 Å². The number of hydrogen-bond acceptors (Lipinski definition) is 8. The molecule has 0 unspecified atom stereocenters. The number of nitrogens with zero attached hydrogens (tertiary/aromatic N) is 7. The zero-order chi connectivity index (χ0) is 73.1. The van der Waals surface area contributed by atoms with Crippen molar-refractivity contribution in [1.82, 2.24) is 34.5 Å². The molecule has 4 aromatic heterocycles. The molecule has 0 aliphatic carbocycles. The first-order valence-electron chi connectivity index (χ1n) is 35.4. The lowest BCUT2D eigenvalue weighted by molar-refractivity contribution is 1.01. The van der Waals surface area contributed by atoms with Gasteiger partial charge >= 0.3 is 0 Å². The largest absolute Gasteiger partial charge is 0.368 e. The number of para-hydroxylation sites is 4. The van der Waals surface area contributed by atoms with Crippen molar-refractivity contribution in [3.8, 4) is 95.4 Å². The maximum atomic E-state index is 5.74. The molecule has 3 N–H and O–H groups in total. The predicted octanol–water partition coefficient (Wildman–Crippen LogP) is 26.5. The van der Waals surface area contributed by atoms with Crippen molar-refractivity contribution in [3.05, 3.63) is 395 Å². The maximum Gasteiger partial charge on any atom is 0.235 e. The number of fused-ring (bicyclic) bond motifs is 6. The van der Waals surface area contributed by atoms with Crippen LogP contribution >= 0.6 is 54.5 Å². The molecule has 19 rings (SSSR count). The second-order valence-corrected chi connectivity index (χ2v) is 28.4. The number of nitrogen functional groups attached to an aromatic ring is 1. The van der Waals surface area contributed by atoms with Crippen LogP contribution in [0.2, 0.25) is 0 Å². The highest BCUT2D eigenvalue weighted by molar-refractivity contribution is 14.1. The van der Waals surface area contributed by atoms with E-state index in [9.17, 15) is 0 Å². The summed E-state index contributed by atoms with van der Waals surface area (Å²) in [4.78, 5) is 28.6. The van der Waals surface area contributed by atoms with E-state index < -0.39 is 0 Å². The van der Waals surface area contributed by atoms with E-state index in [1.165, 1.54) is 53.3 Å². The third-order valence-electron chi connectivity index (χ3n) is 18.7. The smallest absolute Gasteiger partial charge is 0.235 e. The highest BCUT2D eigenvalue weighted by Gasteiger charge is 2.20. The van der Waals surface area contributed by atoms with Gasteiger partial charge in [0.05, 0.1) is 44.7 Å². The summed E-state index contributed by atoms with van der Waals surface area (Å²) in [5, 5.41) is 9.02. The SMILES string of the molecule is Brc1ccccc1-c1cc(-c2ccccc2)ccc1I.Brc1ccccc1-c1cc(-c2ccccc2)ccc1Nc1nc(-c2ccccc2)c2ccccc2n1.Nc1nc(-c2ccccc2)c2ccccc2n1.c1ccc(-c2ccc3c(c2)c2ccccc2n3-c2nc(-c3ccccc3)c3ccccc3n2)cc1. The van der Waals surface area contributed by atoms with Crippen molar-refractivity contribution in [2.45, 2.75) is 0 Å². The summed E-state index contributed by atoms with van der Waals surface area (Å²) in [6.45, 7) is 0. The summed E-state index contributed by atoms with van der Waals surface area (Å²) < 4.78 is 5.61. The highest BCUT2D eigenvalue weighted by atomic mass is 127. The van der Waals surface area contributed by atoms with Crippen LogP contribution in [0.5, 0.6) is 0 Å². The topological polar surface area (TPSA) is 120 Å². The molecule has 0 saturated carbocycles. The molecule has 0 radical (unpaired) electrons. The number of nitrogens with one attached hydrogen (secondary N) is 1. The van der Waals surface area contributed by atoms with Gasteiger partial charge in [-0.05, 0) is 145 Å². The molecule has 0 spiro atoms. The van der Waals surface area contributed by atoms with Gasteiger partial charge in [-0.25, -0.2) is 29.9 Å². The number of aromatic nitrogens is 7. The number of halogens is 3. The molecule has 12 heteroatoms. The van der Waals surface area contributed by atoms with Gasteiger partial charge in [0.2, 0.25) is 17.8 Å². The molecule has 0 saturated heterocycles. The quantitative estimate of drug-likeness (QED) is 0.123. The average Bonchev–Trinajstić information content (AvgIpc) is 1.55. The second kappa shape index (κ2) is 32.4. The van der Waals surface area contributed by atoms with Gasteiger partial charge in [0.25, 0.3) is 0 Å². The number of hydrogen-bond donors (Lipinski definition) is 2. The van der Waals surface area contributed by atoms with E-state index in [-0.39, 0.29) is 0 Å². The minimum atomic E-state index is 0.308. The fourth-order valence-electron chi connectivity index (χ4n) is 13.5. The van der Waals surface area contributed by atoms with Crippen LogP contribution in [-0.2, 0) is 0 Å². The number of nitrogens with two attached hydrogens (primary N) is 1. The lowest BCUT2D eigenvalue weighted by Crippen LogP contribution is -2.03. The summed E-state index contributed by atoms with van der Waals surface area (Å²) in [6.07, 6.45) is 0. The highest BCUT2D eigenvalue weighted by Crippen LogP contribution is 2.41. The summed E-state index contributed by atoms with van der Waals surface area (Å²) in [5.74, 6) is 1.55. The lowest BCUT2D eigenvalue weighted by atomic mass is 9.97. The van der Waals surface area contributed by atoms with E-state index in [2.05, 4.69) is 323 Å². The molecule has 15 aromatic carbocycles. The molecular formula is C96H66Br2IN9. The van der Waals surface area contributed by atoms with Crippen molar-refractivity contribution in [3.63, 3.8) is 0 Å². The summed E-state index contributed by atoms with van der Waals surface area (Å²) in [5.41, 5.74) is 29.4. The van der Waals surface area contributed by atoms with Crippen LogP contribution in [0.15, 0.2) is 391 Å². The predicted molar refractivity (Wildman–Crippen MR) is 465 cm³/mol. The van der Waals surface area contributed by atoms with E-state index >= 15 is 0 Å². The monoisotopic (exact) mass is 1630 g/mol. The molecule has 19 aromatic rings. The maximum absolute atomic E-state index is 5.74. The number of benzene rings is 15. The molecule has 0 amide bonds. The van der Waals surface area contributed by atoms with Crippen LogP contribution in [0.4, 0.5) is 17.6 Å². The van der Waals surface area contributed by atoms with Crippen molar-refractivity contribution >= 4 is 127 Å². The Kier molecular flexibility index (Phi) is 20.9. The zero-order valence-electron chi connectivity index (χ0n) is 58.2. The first-order valence-corrected chi connectivity index (χ1v) is 38.0. The zero-order valence-corrected chi connectivity index (χ0v) is 63.5. The molecule has 0 bridgehead atoms. The molecule has 9 nitrogen and oxygen atoms in total. The van der Waals surface area contributed by atoms with E-state index in [1.807, 2.05) is 133 Å². The van der Waals surface area contributed by atoms with Gasteiger partial charge in [0, 0.05) is 67.4 Å². The molecule has 4 heterocycles.